The summed E-state index contributed by atoms with van der Waals surface area (Å²) in [5.74, 6) is -0.227. The van der Waals surface area contributed by atoms with Gasteiger partial charge in [0, 0.05) is 6.42 Å². The van der Waals surface area contributed by atoms with Crippen LogP contribution in [-0.2, 0) is 18.4 Å². The van der Waals surface area contributed by atoms with Crippen LogP contribution in [-0.4, -0.2) is 68.5 Å². The zero-order chi connectivity index (χ0) is 35.8. The Morgan fingerprint density at radius 2 is 1.27 bits per heavy atom. The standard InChI is InChI=1S/C39H73N2O6P/c1-6-8-10-12-14-16-18-20-22-24-26-28-30-32-38(42)37(36-47-48(44,45)46-35-34-41(3,4)5)40-39(43)33-31-29-27-25-23-21-19-17-15-13-11-9-7-2/h11,13,17,19,22,24,30,32,37-38,42H,6-10,12,14-16,18,20-21,23,25-29,31,33-36H2,1-5H3,(H-,40,43,44,45)/b13-11-,19-17-,24-22+,32-30+. The Kier molecular flexibility index (Phi) is 30.4. The lowest BCUT2D eigenvalue weighted by atomic mass is 10.1. The first-order valence-electron chi connectivity index (χ1n) is 19.0. The van der Waals surface area contributed by atoms with Crippen molar-refractivity contribution in [1.82, 2.24) is 5.32 Å². The normalized spacial score (nSPS) is 15.2. The van der Waals surface area contributed by atoms with Gasteiger partial charge in [-0.2, -0.15) is 0 Å². The molecule has 0 fully saturated rings. The molecule has 0 spiro atoms. The highest BCUT2D eigenvalue weighted by Crippen LogP contribution is 2.38. The summed E-state index contributed by atoms with van der Waals surface area (Å²) >= 11 is 0. The van der Waals surface area contributed by atoms with Crippen LogP contribution in [0.3, 0.4) is 0 Å². The molecule has 0 saturated heterocycles. The summed E-state index contributed by atoms with van der Waals surface area (Å²) in [6.45, 7) is 4.50. The van der Waals surface area contributed by atoms with Crippen LogP contribution in [0.25, 0.3) is 0 Å². The van der Waals surface area contributed by atoms with Gasteiger partial charge < -0.3 is 28.8 Å². The smallest absolute Gasteiger partial charge is 0.268 e. The average molecular weight is 697 g/mol. The number of rotatable bonds is 33. The van der Waals surface area contributed by atoms with Crippen LogP contribution in [0.5, 0.6) is 0 Å². The van der Waals surface area contributed by atoms with E-state index in [4.69, 9.17) is 9.05 Å². The van der Waals surface area contributed by atoms with E-state index in [1.54, 1.807) is 6.08 Å². The average Bonchev–Trinajstić information content (AvgIpc) is 3.02. The van der Waals surface area contributed by atoms with Gasteiger partial charge in [-0.15, -0.1) is 0 Å². The van der Waals surface area contributed by atoms with Gasteiger partial charge in [0.2, 0.25) is 5.91 Å². The first-order chi connectivity index (χ1) is 23.0. The number of hydrogen-bond acceptors (Lipinski definition) is 6. The fourth-order valence-corrected chi connectivity index (χ4v) is 5.63. The summed E-state index contributed by atoms with van der Waals surface area (Å²) in [5.41, 5.74) is 0. The summed E-state index contributed by atoms with van der Waals surface area (Å²) in [5, 5.41) is 13.7. The molecule has 0 aromatic rings. The van der Waals surface area contributed by atoms with Crippen molar-refractivity contribution in [3.63, 3.8) is 0 Å². The number of aliphatic hydroxyl groups is 1. The number of hydrogen-bond donors (Lipinski definition) is 2. The van der Waals surface area contributed by atoms with Crippen molar-refractivity contribution in [3.05, 3.63) is 48.6 Å². The van der Waals surface area contributed by atoms with Crippen LogP contribution < -0.4 is 10.2 Å². The highest BCUT2D eigenvalue weighted by Gasteiger charge is 2.23. The molecule has 0 aliphatic carbocycles. The van der Waals surface area contributed by atoms with Crippen LogP contribution in [0.1, 0.15) is 142 Å². The monoisotopic (exact) mass is 697 g/mol. The fraction of sp³-hybridized carbons (Fsp3) is 0.769. The highest BCUT2D eigenvalue weighted by molar-refractivity contribution is 7.45. The van der Waals surface area contributed by atoms with Crippen LogP contribution >= 0.6 is 7.82 Å². The molecule has 0 aliphatic rings. The first-order valence-corrected chi connectivity index (χ1v) is 20.5. The first kappa shape index (κ1) is 46.5. The maximum atomic E-state index is 12.7. The van der Waals surface area contributed by atoms with E-state index in [9.17, 15) is 19.4 Å². The van der Waals surface area contributed by atoms with Crippen LogP contribution in [0.15, 0.2) is 48.6 Å². The molecule has 0 aromatic heterocycles. The Labute approximate surface area is 295 Å². The highest BCUT2D eigenvalue weighted by atomic mass is 31.2. The number of quaternary nitrogens is 1. The third-order valence-corrected chi connectivity index (χ3v) is 8.96. The third-order valence-electron chi connectivity index (χ3n) is 7.99. The Morgan fingerprint density at radius 1 is 0.729 bits per heavy atom. The van der Waals surface area contributed by atoms with Gasteiger partial charge in [-0.1, -0.05) is 127 Å². The zero-order valence-corrected chi connectivity index (χ0v) is 32.3. The number of amides is 1. The molecule has 3 atom stereocenters. The third kappa shape index (κ3) is 33.0. The molecule has 0 bridgehead atoms. The fourth-order valence-electron chi connectivity index (χ4n) is 4.91. The van der Waals surface area contributed by atoms with Gasteiger partial charge in [0.25, 0.3) is 7.82 Å². The number of carbonyl (C=O) groups is 1. The molecule has 280 valence electrons. The van der Waals surface area contributed by atoms with Gasteiger partial charge in [-0.25, -0.2) is 0 Å². The number of aliphatic hydroxyl groups excluding tert-OH is 1. The number of phosphoric acid groups is 1. The van der Waals surface area contributed by atoms with Gasteiger partial charge in [-0.3, -0.25) is 9.36 Å². The molecule has 2 N–H and O–H groups in total. The molecule has 3 unspecified atom stereocenters. The largest absolute Gasteiger partial charge is 0.756 e. The molecule has 0 rings (SSSR count). The van der Waals surface area contributed by atoms with E-state index in [1.165, 1.54) is 51.4 Å². The molecule has 0 radical (unpaired) electrons. The predicted octanol–water partition coefficient (Wildman–Crippen LogP) is 9.11. The summed E-state index contributed by atoms with van der Waals surface area (Å²) in [6.07, 6.45) is 37.2. The second-order valence-electron chi connectivity index (χ2n) is 13.9. The van der Waals surface area contributed by atoms with Gasteiger partial charge in [-0.05, 0) is 57.8 Å². The van der Waals surface area contributed by atoms with E-state index in [2.05, 4.69) is 55.6 Å². The van der Waals surface area contributed by atoms with E-state index in [0.717, 1.165) is 70.6 Å². The maximum Gasteiger partial charge on any atom is 0.268 e. The van der Waals surface area contributed by atoms with Crippen LogP contribution in [0.4, 0.5) is 0 Å². The number of nitrogens with one attached hydrogen (secondary N) is 1. The van der Waals surface area contributed by atoms with Crippen molar-refractivity contribution >= 4 is 13.7 Å². The molecule has 0 heterocycles. The topological polar surface area (TPSA) is 108 Å². The Hall–Kier alpha value is -1.54. The lowest BCUT2D eigenvalue weighted by molar-refractivity contribution is -0.870. The lowest BCUT2D eigenvalue weighted by Gasteiger charge is -2.29. The van der Waals surface area contributed by atoms with Gasteiger partial charge in [0.1, 0.15) is 13.2 Å². The second-order valence-corrected chi connectivity index (χ2v) is 15.3. The SMILES string of the molecule is CCC/C=C\C/C=C\CCCCCCCC(=O)NC(COP(=O)([O-])OCC[N+](C)(C)C)C(O)/C=C/CC/C=C/CCCCCCCCC. The number of unbranched alkanes of at least 4 members (excludes halogenated alkanes) is 14. The second kappa shape index (κ2) is 31.4. The maximum absolute atomic E-state index is 12.7. The molecule has 8 nitrogen and oxygen atoms in total. The van der Waals surface area contributed by atoms with Crippen molar-refractivity contribution in [2.24, 2.45) is 0 Å². The number of carbonyl (C=O) groups excluding carboxylic acids is 1. The molecular formula is C39H73N2O6P. The summed E-state index contributed by atoms with van der Waals surface area (Å²) in [7, 11) is 1.22. The molecule has 0 aromatic carbocycles. The minimum absolute atomic E-state index is 0.0110. The van der Waals surface area contributed by atoms with E-state index < -0.39 is 26.6 Å². The lowest BCUT2D eigenvalue weighted by Crippen LogP contribution is -2.45. The number of allylic oxidation sites excluding steroid dienone is 7. The molecule has 0 aliphatic heterocycles. The van der Waals surface area contributed by atoms with Crippen molar-refractivity contribution < 1.29 is 32.9 Å². The molecule has 48 heavy (non-hydrogen) atoms. The number of nitrogens with zero attached hydrogens (tertiary/aromatic N) is 1. The summed E-state index contributed by atoms with van der Waals surface area (Å²) in [4.78, 5) is 25.1. The van der Waals surface area contributed by atoms with Crippen LogP contribution in [0, 0.1) is 0 Å². The number of likely N-dealkylation sites (N-methyl/N-ethyl adjacent to an activating group) is 1. The Bertz CT molecular complexity index is 928. The van der Waals surface area contributed by atoms with Crippen molar-refractivity contribution in [1.29, 1.82) is 0 Å². The van der Waals surface area contributed by atoms with E-state index >= 15 is 0 Å². The zero-order valence-electron chi connectivity index (χ0n) is 31.4. The van der Waals surface area contributed by atoms with Gasteiger partial charge >= 0.3 is 0 Å². The predicted molar refractivity (Wildman–Crippen MR) is 201 cm³/mol. The van der Waals surface area contributed by atoms with E-state index in [1.807, 2.05) is 27.2 Å². The molecule has 0 saturated carbocycles. The summed E-state index contributed by atoms with van der Waals surface area (Å²) < 4.78 is 23.0. The van der Waals surface area contributed by atoms with E-state index in [-0.39, 0.29) is 12.5 Å². The number of phosphoric ester groups is 1. The molecule has 1 amide bonds. The van der Waals surface area contributed by atoms with Crippen molar-refractivity contribution in [2.45, 2.75) is 154 Å². The molecule has 9 heteroatoms. The van der Waals surface area contributed by atoms with Gasteiger partial charge in [0.15, 0.2) is 0 Å². The van der Waals surface area contributed by atoms with Gasteiger partial charge in [0.05, 0.1) is 39.9 Å². The minimum Gasteiger partial charge on any atom is -0.756 e. The van der Waals surface area contributed by atoms with Crippen molar-refractivity contribution in [2.75, 3.05) is 40.9 Å². The minimum atomic E-state index is -4.59. The van der Waals surface area contributed by atoms with E-state index in [0.29, 0.717) is 17.4 Å². The Morgan fingerprint density at radius 3 is 1.90 bits per heavy atom. The Balaban J connectivity index is 4.64. The summed E-state index contributed by atoms with van der Waals surface area (Å²) in [6, 6.07) is -0.908. The van der Waals surface area contributed by atoms with Crippen molar-refractivity contribution in [3.8, 4) is 0 Å². The quantitative estimate of drug-likeness (QED) is 0.0307. The van der Waals surface area contributed by atoms with Crippen LogP contribution in [0.2, 0.25) is 0 Å². The molecular weight excluding hydrogens is 623 g/mol.